The van der Waals surface area contributed by atoms with Crippen LogP contribution in [0.2, 0.25) is 0 Å². The zero-order valence-corrected chi connectivity index (χ0v) is 18.1. The molecule has 0 fully saturated rings. The number of ether oxygens (including phenoxy) is 1. The number of hydrogen-bond donors (Lipinski definition) is 0. The number of hydrogen-bond acceptors (Lipinski definition) is 7. The normalized spacial score (nSPS) is 13.5. The molecule has 1 aliphatic rings. The summed E-state index contributed by atoms with van der Waals surface area (Å²) in [6.07, 6.45) is 5.87. The first kappa shape index (κ1) is 19.8. The van der Waals surface area contributed by atoms with Crippen LogP contribution in [-0.4, -0.2) is 25.5 Å². The van der Waals surface area contributed by atoms with Crippen LogP contribution in [0.1, 0.15) is 41.1 Å². The first-order valence-corrected chi connectivity index (χ1v) is 11.3. The van der Waals surface area contributed by atoms with Crippen LogP contribution in [0.15, 0.2) is 35.4 Å². The lowest BCUT2D eigenvalue weighted by Crippen LogP contribution is -2.23. The molecule has 1 aromatic carbocycles. The first-order valence-electron chi connectivity index (χ1n) is 10.5. The topological polar surface area (TPSA) is 87.0 Å². The molecule has 8 heteroatoms. The van der Waals surface area contributed by atoms with Crippen LogP contribution in [0.5, 0.6) is 0 Å². The lowest BCUT2D eigenvalue weighted by atomic mass is 9.97. The molecule has 0 amide bonds. The highest BCUT2D eigenvalue weighted by Gasteiger charge is 2.20. The number of carbonyl (C=O) groups is 1. The van der Waals surface area contributed by atoms with E-state index in [2.05, 4.69) is 15.0 Å². The minimum absolute atomic E-state index is 0.0616. The molecule has 31 heavy (non-hydrogen) atoms. The highest BCUT2D eigenvalue weighted by molar-refractivity contribution is 7.18. The number of para-hydroxylation sites is 2. The van der Waals surface area contributed by atoms with E-state index in [9.17, 15) is 9.59 Å². The van der Waals surface area contributed by atoms with Crippen LogP contribution in [0, 0.1) is 6.92 Å². The Balaban J connectivity index is 1.27. The number of benzene rings is 1. The number of carbonyl (C=O) groups excluding carboxylic acids is 1. The van der Waals surface area contributed by atoms with Crippen LogP contribution in [0.3, 0.4) is 0 Å². The molecule has 3 aromatic heterocycles. The second-order valence-electron chi connectivity index (χ2n) is 7.79. The second-order valence-corrected chi connectivity index (χ2v) is 8.87. The Bertz CT molecular complexity index is 1360. The van der Waals surface area contributed by atoms with Gasteiger partial charge in [0, 0.05) is 11.4 Å². The summed E-state index contributed by atoms with van der Waals surface area (Å²) in [7, 11) is 0. The van der Waals surface area contributed by atoms with Crippen molar-refractivity contribution in [1.29, 1.82) is 0 Å². The Morgan fingerprint density at radius 2 is 1.94 bits per heavy atom. The van der Waals surface area contributed by atoms with Crippen molar-refractivity contribution >= 4 is 38.6 Å². The Morgan fingerprint density at radius 1 is 1.16 bits per heavy atom. The molecule has 1 aliphatic carbocycles. The van der Waals surface area contributed by atoms with E-state index in [1.54, 1.807) is 17.7 Å². The number of aromatic nitrogens is 4. The van der Waals surface area contributed by atoms with Crippen LogP contribution in [0.25, 0.3) is 21.3 Å². The Kier molecular flexibility index (Phi) is 5.23. The van der Waals surface area contributed by atoms with Crippen molar-refractivity contribution in [3.05, 3.63) is 62.8 Å². The van der Waals surface area contributed by atoms with Gasteiger partial charge in [0.2, 0.25) is 0 Å². The summed E-state index contributed by atoms with van der Waals surface area (Å²) < 4.78 is 6.93. The molecule has 3 heterocycles. The fourth-order valence-electron chi connectivity index (χ4n) is 4.03. The van der Waals surface area contributed by atoms with E-state index in [-0.39, 0.29) is 31.1 Å². The third-order valence-corrected chi connectivity index (χ3v) is 6.91. The average molecular weight is 435 g/mol. The minimum Gasteiger partial charge on any atom is -0.459 e. The molecule has 5 rings (SSSR count). The molecule has 0 saturated carbocycles. The zero-order chi connectivity index (χ0) is 21.4. The summed E-state index contributed by atoms with van der Waals surface area (Å²) in [4.78, 5) is 40.9. The van der Waals surface area contributed by atoms with Crippen molar-refractivity contribution in [2.24, 2.45) is 0 Å². The first-order chi connectivity index (χ1) is 15.1. The molecular weight excluding hydrogens is 412 g/mol. The van der Waals surface area contributed by atoms with E-state index in [0.29, 0.717) is 5.69 Å². The van der Waals surface area contributed by atoms with Gasteiger partial charge in [-0.25, -0.2) is 15.0 Å². The van der Waals surface area contributed by atoms with Crippen molar-refractivity contribution < 1.29 is 9.53 Å². The summed E-state index contributed by atoms with van der Waals surface area (Å²) in [5.74, 6) is -0.381. The van der Waals surface area contributed by atoms with Crippen molar-refractivity contribution in [3.8, 4) is 0 Å². The number of fused-ring (bicyclic) bond motifs is 4. The lowest BCUT2D eigenvalue weighted by molar-refractivity contribution is -0.145. The van der Waals surface area contributed by atoms with Gasteiger partial charge in [-0.2, -0.15) is 0 Å². The molecule has 0 N–H and O–H groups in total. The van der Waals surface area contributed by atoms with Crippen molar-refractivity contribution in [1.82, 2.24) is 19.5 Å². The molecular formula is C23H22N4O3S. The summed E-state index contributed by atoms with van der Waals surface area (Å²) in [5.41, 5.74) is 4.05. The number of nitrogens with zero attached hydrogens (tertiary/aromatic N) is 4. The van der Waals surface area contributed by atoms with Crippen LogP contribution in [0.4, 0.5) is 0 Å². The Hall–Kier alpha value is -3.13. The third kappa shape index (κ3) is 3.83. The quantitative estimate of drug-likeness (QED) is 0.445. The van der Waals surface area contributed by atoms with E-state index in [0.717, 1.165) is 51.8 Å². The van der Waals surface area contributed by atoms with Gasteiger partial charge in [-0.1, -0.05) is 12.1 Å². The van der Waals surface area contributed by atoms with Crippen molar-refractivity contribution in [2.45, 2.75) is 52.2 Å². The van der Waals surface area contributed by atoms with E-state index in [1.807, 2.05) is 31.2 Å². The Labute approximate surface area is 182 Å². The molecule has 0 saturated heterocycles. The standard InChI is InChI=1S/C23H22N4O3S/c1-14-18(26-17-8-4-3-7-16(17)25-14)12-30-20(28)10-11-27-13-24-22-21(23(27)29)15-6-2-5-9-19(15)31-22/h3-4,7-8,13H,2,5-6,9-12H2,1H3. The largest absolute Gasteiger partial charge is 0.459 e. The lowest BCUT2D eigenvalue weighted by Gasteiger charge is -2.11. The molecule has 0 spiro atoms. The highest BCUT2D eigenvalue weighted by Crippen LogP contribution is 2.33. The highest BCUT2D eigenvalue weighted by atomic mass is 32.1. The number of thiophene rings is 1. The van der Waals surface area contributed by atoms with Gasteiger partial charge in [-0.05, 0) is 50.3 Å². The molecule has 0 radical (unpaired) electrons. The van der Waals surface area contributed by atoms with Crippen LogP contribution < -0.4 is 5.56 Å². The summed E-state index contributed by atoms with van der Waals surface area (Å²) in [6, 6.07) is 7.59. The van der Waals surface area contributed by atoms with E-state index < -0.39 is 0 Å². The number of rotatable bonds is 5. The van der Waals surface area contributed by atoms with Gasteiger partial charge < -0.3 is 4.74 Å². The molecule has 4 aromatic rings. The Morgan fingerprint density at radius 3 is 2.77 bits per heavy atom. The molecule has 0 atom stereocenters. The molecule has 158 valence electrons. The maximum absolute atomic E-state index is 13.0. The second kappa shape index (κ2) is 8.19. The number of esters is 1. The maximum Gasteiger partial charge on any atom is 0.307 e. The predicted octanol–water partition coefficient (Wildman–Crippen LogP) is 3.72. The van der Waals surface area contributed by atoms with Gasteiger partial charge in [-0.3, -0.25) is 14.2 Å². The third-order valence-electron chi connectivity index (χ3n) is 5.71. The van der Waals surface area contributed by atoms with Gasteiger partial charge in [0.05, 0.1) is 40.6 Å². The molecule has 7 nitrogen and oxygen atoms in total. The fourth-order valence-corrected chi connectivity index (χ4v) is 5.25. The minimum atomic E-state index is -0.381. The van der Waals surface area contributed by atoms with Gasteiger partial charge >= 0.3 is 5.97 Å². The van der Waals surface area contributed by atoms with Crippen LogP contribution in [-0.2, 0) is 35.5 Å². The SMILES string of the molecule is Cc1nc2ccccc2nc1COC(=O)CCn1cnc2sc3c(c2c1=O)CCCC3. The fraction of sp³-hybridized carbons (Fsp3) is 0.348. The molecule has 0 unspecified atom stereocenters. The summed E-state index contributed by atoms with van der Waals surface area (Å²) in [6.45, 7) is 2.16. The maximum atomic E-state index is 13.0. The van der Waals surface area contributed by atoms with Gasteiger partial charge in [0.25, 0.3) is 5.56 Å². The van der Waals surface area contributed by atoms with Gasteiger partial charge in [0.15, 0.2) is 0 Å². The summed E-state index contributed by atoms with van der Waals surface area (Å²) >= 11 is 1.63. The number of aryl methyl sites for hydroxylation is 4. The predicted molar refractivity (Wildman–Crippen MR) is 119 cm³/mol. The van der Waals surface area contributed by atoms with Crippen molar-refractivity contribution in [3.63, 3.8) is 0 Å². The smallest absolute Gasteiger partial charge is 0.307 e. The van der Waals surface area contributed by atoms with Crippen molar-refractivity contribution in [2.75, 3.05) is 0 Å². The van der Waals surface area contributed by atoms with E-state index in [4.69, 9.17) is 4.74 Å². The van der Waals surface area contributed by atoms with Gasteiger partial charge in [-0.15, -0.1) is 11.3 Å². The molecule has 0 aliphatic heterocycles. The molecule has 0 bridgehead atoms. The van der Waals surface area contributed by atoms with Gasteiger partial charge in [0.1, 0.15) is 11.4 Å². The van der Waals surface area contributed by atoms with E-state index in [1.165, 1.54) is 15.9 Å². The monoisotopic (exact) mass is 434 g/mol. The average Bonchev–Trinajstić information content (AvgIpc) is 3.16. The van der Waals surface area contributed by atoms with E-state index >= 15 is 0 Å². The zero-order valence-electron chi connectivity index (χ0n) is 17.3. The summed E-state index contributed by atoms with van der Waals surface area (Å²) in [5, 5.41) is 0.734. The van der Waals surface area contributed by atoms with Crippen LogP contribution >= 0.6 is 11.3 Å².